The first-order valence-electron chi connectivity index (χ1n) is 4.51. The number of nitrogens with zero attached hydrogens (tertiary/aromatic N) is 3. The third-order valence-corrected chi connectivity index (χ3v) is 1.86. The van der Waals surface area contributed by atoms with Crippen LogP contribution in [0.1, 0.15) is 5.69 Å². The predicted octanol–water partition coefficient (Wildman–Crippen LogP) is 1.51. The Morgan fingerprint density at radius 2 is 1.93 bits per heavy atom. The van der Waals surface area contributed by atoms with Crippen molar-refractivity contribution < 1.29 is 0 Å². The number of anilines is 3. The Hall–Kier alpha value is -2.17. The van der Waals surface area contributed by atoms with E-state index in [1.165, 1.54) is 6.20 Å². The lowest BCUT2D eigenvalue weighted by Crippen LogP contribution is -1.97. The van der Waals surface area contributed by atoms with Gasteiger partial charge in [-0.2, -0.15) is 0 Å². The Bertz CT molecular complexity index is 391. The molecule has 0 atom stereocenters. The van der Waals surface area contributed by atoms with E-state index >= 15 is 0 Å². The summed E-state index contributed by atoms with van der Waals surface area (Å²) in [4.78, 5) is 12.2. The molecule has 5 nitrogen and oxygen atoms in total. The molecule has 15 heavy (non-hydrogen) atoms. The molecule has 2 aromatic heterocycles. The first kappa shape index (κ1) is 9.39. The van der Waals surface area contributed by atoms with E-state index in [4.69, 9.17) is 5.73 Å². The van der Waals surface area contributed by atoms with Gasteiger partial charge in [0.05, 0.1) is 24.3 Å². The second-order valence-electron chi connectivity index (χ2n) is 3.14. The highest BCUT2D eigenvalue weighted by molar-refractivity contribution is 5.54. The van der Waals surface area contributed by atoms with Gasteiger partial charge in [-0.05, 0) is 19.1 Å². The molecule has 2 heterocycles. The summed E-state index contributed by atoms with van der Waals surface area (Å²) in [5, 5.41) is 3.07. The van der Waals surface area contributed by atoms with Gasteiger partial charge in [0, 0.05) is 5.69 Å². The van der Waals surface area contributed by atoms with Crippen molar-refractivity contribution in [1.29, 1.82) is 0 Å². The highest BCUT2D eigenvalue weighted by atomic mass is 15.0. The summed E-state index contributed by atoms with van der Waals surface area (Å²) in [6.45, 7) is 1.94. The van der Waals surface area contributed by atoms with Crippen LogP contribution in [0.3, 0.4) is 0 Å². The van der Waals surface area contributed by atoms with Crippen LogP contribution >= 0.6 is 0 Å². The molecule has 76 valence electrons. The lowest BCUT2D eigenvalue weighted by Gasteiger charge is -2.04. The van der Waals surface area contributed by atoms with Crippen LogP contribution in [0.2, 0.25) is 0 Å². The minimum atomic E-state index is 0.405. The number of rotatable bonds is 2. The van der Waals surface area contributed by atoms with E-state index in [9.17, 15) is 0 Å². The highest BCUT2D eigenvalue weighted by Gasteiger charge is 1.96. The van der Waals surface area contributed by atoms with Gasteiger partial charge in [0.15, 0.2) is 0 Å². The Kier molecular flexibility index (Phi) is 2.45. The second-order valence-corrected chi connectivity index (χ2v) is 3.14. The molecular formula is C10H11N5. The fourth-order valence-corrected chi connectivity index (χ4v) is 1.09. The number of nitrogen functional groups attached to an aromatic ring is 1. The zero-order valence-electron chi connectivity index (χ0n) is 8.31. The van der Waals surface area contributed by atoms with Gasteiger partial charge in [0.25, 0.3) is 0 Å². The quantitative estimate of drug-likeness (QED) is 0.770. The van der Waals surface area contributed by atoms with Crippen LogP contribution in [-0.2, 0) is 0 Å². The van der Waals surface area contributed by atoms with E-state index in [-0.39, 0.29) is 0 Å². The summed E-state index contributed by atoms with van der Waals surface area (Å²) < 4.78 is 0. The van der Waals surface area contributed by atoms with Gasteiger partial charge in [0.2, 0.25) is 0 Å². The maximum atomic E-state index is 5.43. The SMILES string of the molecule is Cc1ccc(Nc2cnc(N)cn2)cn1. The van der Waals surface area contributed by atoms with Crippen molar-refractivity contribution in [3.63, 3.8) is 0 Å². The molecule has 2 rings (SSSR count). The van der Waals surface area contributed by atoms with Gasteiger partial charge in [-0.15, -0.1) is 0 Å². The Labute approximate surface area is 87.4 Å². The maximum absolute atomic E-state index is 5.43. The lowest BCUT2D eigenvalue weighted by atomic mass is 10.3. The first-order valence-corrected chi connectivity index (χ1v) is 4.51. The lowest BCUT2D eigenvalue weighted by molar-refractivity contribution is 1.18. The van der Waals surface area contributed by atoms with Gasteiger partial charge in [-0.3, -0.25) is 4.98 Å². The minimum Gasteiger partial charge on any atom is -0.382 e. The molecule has 3 N–H and O–H groups in total. The average molecular weight is 201 g/mol. The van der Waals surface area contributed by atoms with Gasteiger partial charge >= 0.3 is 0 Å². The van der Waals surface area contributed by atoms with Crippen molar-refractivity contribution in [3.8, 4) is 0 Å². The number of hydrogen-bond acceptors (Lipinski definition) is 5. The summed E-state index contributed by atoms with van der Waals surface area (Å²) in [5.74, 6) is 1.05. The maximum Gasteiger partial charge on any atom is 0.149 e. The standard InChI is InChI=1S/C10H11N5/c1-7-2-3-8(4-12-7)15-10-6-13-9(11)5-14-10/h2-6H,1H3,(H2,11,13)(H,14,15). The molecule has 0 fully saturated rings. The number of aryl methyl sites for hydroxylation is 1. The minimum absolute atomic E-state index is 0.405. The normalized spacial score (nSPS) is 9.93. The predicted molar refractivity (Wildman–Crippen MR) is 58.7 cm³/mol. The van der Waals surface area contributed by atoms with Crippen LogP contribution in [-0.4, -0.2) is 15.0 Å². The van der Waals surface area contributed by atoms with Crippen molar-refractivity contribution in [3.05, 3.63) is 36.4 Å². The molecule has 0 aliphatic rings. The summed E-state index contributed by atoms with van der Waals surface area (Å²) in [7, 11) is 0. The van der Waals surface area contributed by atoms with Crippen molar-refractivity contribution in [2.75, 3.05) is 11.1 Å². The Morgan fingerprint density at radius 1 is 1.07 bits per heavy atom. The number of aromatic nitrogens is 3. The summed E-state index contributed by atoms with van der Waals surface area (Å²) >= 11 is 0. The largest absolute Gasteiger partial charge is 0.382 e. The Balaban J connectivity index is 2.15. The summed E-state index contributed by atoms with van der Waals surface area (Å²) in [6, 6.07) is 3.85. The monoisotopic (exact) mass is 201 g/mol. The first-order chi connectivity index (χ1) is 7.24. The molecule has 0 amide bonds. The molecule has 0 saturated heterocycles. The van der Waals surface area contributed by atoms with Gasteiger partial charge in [0.1, 0.15) is 11.6 Å². The van der Waals surface area contributed by atoms with E-state index in [1.807, 2.05) is 19.1 Å². The molecule has 0 aliphatic carbocycles. The Morgan fingerprint density at radius 3 is 2.53 bits per heavy atom. The molecule has 0 radical (unpaired) electrons. The fraction of sp³-hybridized carbons (Fsp3) is 0.100. The number of nitrogens with one attached hydrogen (secondary N) is 1. The zero-order valence-corrected chi connectivity index (χ0v) is 8.31. The van der Waals surface area contributed by atoms with E-state index in [1.54, 1.807) is 12.4 Å². The molecule has 0 spiro atoms. The number of pyridine rings is 1. The average Bonchev–Trinajstić information content (AvgIpc) is 2.25. The van der Waals surface area contributed by atoms with Crippen molar-refractivity contribution in [2.45, 2.75) is 6.92 Å². The molecule has 0 saturated carbocycles. The van der Waals surface area contributed by atoms with Crippen LogP contribution in [0, 0.1) is 6.92 Å². The van der Waals surface area contributed by atoms with Crippen LogP contribution in [0.15, 0.2) is 30.7 Å². The molecule has 0 bridgehead atoms. The van der Waals surface area contributed by atoms with Gasteiger partial charge in [-0.25, -0.2) is 9.97 Å². The van der Waals surface area contributed by atoms with Crippen LogP contribution in [0.25, 0.3) is 0 Å². The van der Waals surface area contributed by atoms with Gasteiger partial charge in [-0.1, -0.05) is 0 Å². The molecule has 2 aromatic rings. The fourth-order valence-electron chi connectivity index (χ4n) is 1.09. The third kappa shape index (κ3) is 2.40. The molecule has 5 heteroatoms. The van der Waals surface area contributed by atoms with E-state index in [2.05, 4.69) is 20.3 Å². The van der Waals surface area contributed by atoms with Crippen LogP contribution in [0.4, 0.5) is 17.3 Å². The molecule has 0 unspecified atom stereocenters. The molecular weight excluding hydrogens is 190 g/mol. The van der Waals surface area contributed by atoms with E-state index < -0.39 is 0 Å². The topological polar surface area (TPSA) is 76.7 Å². The number of hydrogen-bond donors (Lipinski definition) is 2. The van der Waals surface area contributed by atoms with Gasteiger partial charge < -0.3 is 11.1 Å². The number of nitrogens with two attached hydrogens (primary N) is 1. The van der Waals surface area contributed by atoms with Crippen molar-refractivity contribution in [2.24, 2.45) is 0 Å². The highest BCUT2D eigenvalue weighted by Crippen LogP contribution is 2.12. The van der Waals surface area contributed by atoms with Crippen molar-refractivity contribution >= 4 is 17.3 Å². The smallest absolute Gasteiger partial charge is 0.149 e. The van der Waals surface area contributed by atoms with Crippen LogP contribution in [0.5, 0.6) is 0 Å². The molecule has 0 aliphatic heterocycles. The molecule has 0 aromatic carbocycles. The van der Waals surface area contributed by atoms with E-state index in [0.717, 1.165) is 11.4 Å². The van der Waals surface area contributed by atoms with Crippen molar-refractivity contribution in [1.82, 2.24) is 15.0 Å². The third-order valence-electron chi connectivity index (χ3n) is 1.86. The van der Waals surface area contributed by atoms with E-state index in [0.29, 0.717) is 11.6 Å². The summed E-state index contributed by atoms with van der Waals surface area (Å²) in [6.07, 6.45) is 4.83. The zero-order chi connectivity index (χ0) is 10.7. The van der Waals surface area contributed by atoms with Crippen LogP contribution < -0.4 is 11.1 Å². The summed E-state index contributed by atoms with van der Waals surface area (Å²) in [5.41, 5.74) is 7.28. The second kappa shape index (κ2) is 3.91.